The minimum atomic E-state index is -0.0515. The molecule has 0 saturated carbocycles. The maximum Gasteiger partial charge on any atom is 0.225 e. The lowest BCUT2D eigenvalue weighted by molar-refractivity contribution is 0.208. The number of hydrogen-bond donors (Lipinski definition) is 3. The van der Waals surface area contributed by atoms with Crippen LogP contribution in [0, 0.1) is 11.3 Å². The van der Waals surface area contributed by atoms with Crippen LogP contribution in [-0.2, 0) is 0 Å². The van der Waals surface area contributed by atoms with E-state index in [0.717, 1.165) is 25.9 Å². The maximum atomic E-state index is 9.18. The van der Waals surface area contributed by atoms with E-state index in [1.807, 2.05) is 4.90 Å². The Bertz CT molecular complexity index is 409. The number of amidine groups is 1. The fourth-order valence-electron chi connectivity index (χ4n) is 2.05. The van der Waals surface area contributed by atoms with E-state index < -0.39 is 0 Å². The van der Waals surface area contributed by atoms with Gasteiger partial charge in [0.1, 0.15) is 11.5 Å². The number of aliphatic hydroxyl groups is 1. The topological polar surface area (TPSA) is 99.1 Å². The molecule has 1 aliphatic rings. The summed E-state index contributed by atoms with van der Waals surface area (Å²) in [5.74, 6) is 0.827. The van der Waals surface area contributed by atoms with Gasteiger partial charge in [0, 0.05) is 25.9 Å². The van der Waals surface area contributed by atoms with Crippen molar-refractivity contribution in [1.29, 1.82) is 5.41 Å². The predicted octanol–water partition coefficient (Wildman–Crippen LogP) is -0.0306. The van der Waals surface area contributed by atoms with Gasteiger partial charge in [-0.15, -0.1) is 0 Å². The van der Waals surface area contributed by atoms with Gasteiger partial charge in [-0.2, -0.15) is 0 Å². The summed E-state index contributed by atoms with van der Waals surface area (Å²) in [6.45, 7) is 1.85. The summed E-state index contributed by atoms with van der Waals surface area (Å²) in [6.07, 6.45) is 3.68. The lowest BCUT2D eigenvalue weighted by Crippen LogP contribution is -2.38. The van der Waals surface area contributed by atoms with Gasteiger partial charge < -0.3 is 15.7 Å². The van der Waals surface area contributed by atoms with Crippen LogP contribution in [0.5, 0.6) is 0 Å². The molecule has 1 fully saturated rings. The minimum Gasteiger partial charge on any atom is -0.396 e. The van der Waals surface area contributed by atoms with Crippen LogP contribution in [0.1, 0.15) is 18.5 Å². The van der Waals surface area contributed by atoms with E-state index in [4.69, 9.17) is 11.1 Å². The molecular formula is C11H17N5O. The Labute approximate surface area is 100.0 Å². The van der Waals surface area contributed by atoms with E-state index >= 15 is 0 Å². The van der Waals surface area contributed by atoms with E-state index in [0.29, 0.717) is 11.6 Å². The molecule has 1 aromatic rings. The largest absolute Gasteiger partial charge is 0.396 e. The van der Waals surface area contributed by atoms with Crippen LogP contribution in [0.2, 0.25) is 0 Å². The first-order chi connectivity index (χ1) is 8.20. The van der Waals surface area contributed by atoms with Crippen molar-refractivity contribution in [3.63, 3.8) is 0 Å². The smallest absolute Gasteiger partial charge is 0.225 e. The van der Waals surface area contributed by atoms with Crippen molar-refractivity contribution in [2.75, 3.05) is 24.6 Å². The molecule has 1 atom stereocenters. The number of hydrogen-bond acceptors (Lipinski definition) is 5. The molecule has 1 unspecified atom stereocenters. The molecule has 0 amide bonds. The Morgan fingerprint density at radius 1 is 1.65 bits per heavy atom. The third-order valence-electron chi connectivity index (χ3n) is 2.98. The molecule has 0 radical (unpaired) electrons. The van der Waals surface area contributed by atoms with Crippen molar-refractivity contribution in [3.8, 4) is 0 Å². The van der Waals surface area contributed by atoms with Crippen LogP contribution in [0.3, 0.4) is 0 Å². The van der Waals surface area contributed by atoms with Crippen LogP contribution in [0.15, 0.2) is 12.3 Å². The second kappa shape index (κ2) is 5.09. The summed E-state index contributed by atoms with van der Waals surface area (Å²) in [7, 11) is 0. The highest BCUT2D eigenvalue weighted by molar-refractivity contribution is 5.93. The van der Waals surface area contributed by atoms with Gasteiger partial charge in [-0.05, 0) is 24.8 Å². The molecule has 2 rings (SSSR count). The molecule has 17 heavy (non-hydrogen) atoms. The second-order valence-corrected chi connectivity index (χ2v) is 4.29. The standard InChI is InChI=1S/C11H17N5O/c12-10(13)9-3-4-14-11(15-9)16-5-1-2-8(6-16)7-17/h3-4,8,17H,1-2,5-7H2,(H3,12,13). The Kier molecular flexibility index (Phi) is 3.53. The summed E-state index contributed by atoms with van der Waals surface area (Å²) < 4.78 is 0. The van der Waals surface area contributed by atoms with Crippen molar-refractivity contribution in [3.05, 3.63) is 18.0 Å². The first kappa shape index (κ1) is 11.8. The molecule has 1 aliphatic heterocycles. The van der Waals surface area contributed by atoms with Gasteiger partial charge in [-0.1, -0.05) is 0 Å². The number of aliphatic hydroxyl groups excluding tert-OH is 1. The van der Waals surface area contributed by atoms with Crippen molar-refractivity contribution in [1.82, 2.24) is 9.97 Å². The number of nitrogens with zero attached hydrogens (tertiary/aromatic N) is 3. The number of rotatable bonds is 3. The Morgan fingerprint density at radius 2 is 2.47 bits per heavy atom. The summed E-state index contributed by atoms with van der Waals surface area (Å²) in [4.78, 5) is 10.5. The quantitative estimate of drug-likeness (QED) is 0.504. The first-order valence-corrected chi connectivity index (χ1v) is 5.74. The number of nitrogens with two attached hydrogens (primary N) is 1. The first-order valence-electron chi connectivity index (χ1n) is 5.74. The van der Waals surface area contributed by atoms with Crippen LogP contribution < -0.4 is 10.6 Å². The van der Waals surface area contributed by atoms with Crippen LogP contribution in [0.4, 0.5) is 5.95 Å². The fourth-order valence-corrected chi connectivity index (χ4v) is 2.05. The zero-order valence-electron chi connectivity index (χ0n) is 9.63. The van der Waals surface area contributed by atoms with Gasteiger partial charge >= 0.3 is 0 Å². The number of nitrogen functional groups attached to an aromatic ring is 1. The van der Waals surface area contributed by atoms with Crippen LogP contribution >= 0.6 is 0 Å². The van der Waals surface area contributed by atoms with E-state index in [1.54, 1.807) is 12.3 Å². The van der Waals surface area contributed by atoms with E-state index in [1.165, 1.54) is 0 Å². The van der Waals surface area contributed by atoms with Gasteiger partial charge in [0.25, 0.3) is 0 Å². The number of nitrogens with one attached hydrogen (secondary N) is 1. The average molecular weight is 235 g/mol. The highest BCUT2D eigenvalue weighted by Gasteiger charge is 2.21. The third kappa shape index (κ3) is 2.71. The number of aromatic nitrogens is 2. The lowest BCUT2D eigenvalue weighted by atomic mass is 9.99. The lowest BCUT2D eigenvalue weighted by Gasteiger charge is -2.31. The van der Waals surface area contributed by atoms with Gasteiger partial charge in [-0.25, -0.2) is 9.97 Å². The number of piperidine rings is 1. The Morgan fingerprint density at radius 3 is 3.18 bits per heavy atom. The molecule has 6 heteroatoms. The third-order valence-corrected chi connectivity index (χ3v) is 2.98. The highest BCUT2D eigenvalue weighted by atomic mass is 16.3. The predicted molar refractivity (Wildman–Crippen MR) is 65.1 cm³/mol. The SMILES string of the molecule is N=C(N)c1ccnc(N2CCCC(CO)C2)n1. The average Bonchev–Trinajstić information content (AvgIpc) is 2.39. The monoisotopic (exact) mass is 235 g/mol. The van der Waals surface area contributed by atoms with Crippen LogP contribution in [0.25, 0.3) is 0 Å². The van der Waals surface area contributed by atoms with Gasteiger partial charge in [0.2, 0.25) is 5.95 Å². The number of anilines is 1. The van der Waals surface area contributed by atoms with Crippen LogP contribution in [-0.4, -0.2) is 40.6 Å². The van der Waals surface area contributed by atoms with Gasteiger partial charge in [0.05, 0.1) is 0 Å². The summed E-state index contributed by atoms with van der Waals surface area (Å²) in [5, 5.41) is 16.5. The van der Waals surface area contributed by atoms with E-state index in [9.17, 15) is 5.11 Å². The molecule has 6 nitrogen and oxygen atoms in total. The Hall–Kier alpha value is -1.69. The zero-order valence-corrected chi connectivity index (χ0v) is 9.63. The second-order valence-electron chi connectivity index (χ2n) is 4.29. The van der Waals surface area contributed by atoms with Gasteiger partial charge in [0.15, 0.2) is 0 Å². The molecule has 0 aromatic carbocycles. The molecule has 92 valence electrons. The maximum absolute atomic E-state index is 9.18. The van der Waals surface area contributed by atoms with Gasteiger partial charge in [-0.3, -0.25) is 5.41 Å². The summed E-state index contributed by atoms with van der Waals surface area (Å²) >= 11 is 0. The van der Waals surface area contributed by atoms with E-state index in [-0.39, 0.29) is 18.4 Å². The zero-order chi connectivity index (χ0) is 12.3. The summed E-state index contributed by atoms with van der Waals surface area (Å²) in [5.41, 5.74) is 5.85. The molecule has 1 saturated heterocycles. The highest BCUT2D eigenvalue weighted by Crippen LogP contribution is 2.19. The van der Waals surface area contributed by atoms with Crippen molar-refractivity contribution >= 4 is 11.8 Å². The normalized spacial score (nSPS) is 20.3. The molecule has 4 N–H and O–H groups in total. The molecule has 0 spiro atoms. The van der Waals surface area contributed by atoms with Crippen molar-refractivity contribution in [2.24, 2.45) is 11.7 Å². The fraction of sp³-hybridized carbons (Fsp3) is 0.545. The van der Waals surface area contributed by atoms with Crippen molar-refractivity contribution < 1.29 is 5.11 Å². The summed E-state index contributed by atoms with van der Waals surface area (Å²) in [6, 6.07) is 1.62. The minimum absolute atomic E-state index is 0.0515. The molecule has 1 aromatic heterocycles. The molecule has 0 aliphatic carbocycles. The van der Waals surface area contributed by atoms with E-state index in [2.05, 4.69) is 9.97 Å². The molecular weight excluding hydrogens is 218 g/mol. The van der Waals surface area contributed by atoms with Crippen molar-refractivity contribution in [2.45, 2.75) is 12.8 Å². The molecule has 2 heterocycles. The Balaban J connectivity index is 2.16. The molecule has 0 bridgehead atoms.